The molecule has 0 saturated heterocycles. The SMILES string of the molecule is CCCC(C)(C)n1c(C(C)Cl)nc2cccnc21. The molecule has 1 unspecified atom stereocenters. The fourth-order valence-corrected chi connectivity index (χ4v) is 2.66. The van der Waals surface area contributed by atoms with E-state index in [2.05, 4.69) is 35.3 Å². The molecule has 0 aliphatic heterocycles. The zero-order valence-corrected chi connectivity index (χ0v) is 12.2. The smallest absolute Gasteiger partial charge is 0.160 e. The fourth-order valence-electron chi connectivity index (χ4n) is 2.52. The van der Waals surface area contributed by atoms with Gasteiger partial charge in [-0.3, -0.25) is 0 Å². The van der Waals surface area contributed by atoms with Crippen molar-refractivity contribution in [3.63, 3.8) is 0 Å². The van der Waals surface area contributed by atoms with E-state index in [1.807, 2.05) is 25.3 Å². The minimum absolute atomic E-state index is 0.0175. The number of hydrogen-bond acceptors (Lipinski definition) is 2. The number of imidazole rings is 1. The highest BCUT2D eigenvalue weighted by atomic mass is 35.5. The van der Waals surface area contributed by atoms with E-state index in [1.54, 1.807) is 0 Å². The first-order chi connectivity index (χ1) is 8.47. The molecule has 98 valence electrons. The summed E-state index contributed by atoms with van der Waals surface area (Å²) in [4.78, 5) is 9.10. The van der Waals surface area contributed by atoms with Gasteiger partial charge in [0.2, 0.25) is 0 Å². The first-order valence-corrected chi connectivity index (χ1v) is 6.89. The Kier molecular flexibility index (Phi) is 3.62. The molecule has 0 fully saturated rings. The van der Waals surface area contributed by atoms with E-state index in [0.717, 1.165) is 29.8 Å². The van der Waals surface area contributed by atoms with Crippen LogP contribution in [0.15, 0.2) is 18.3 Å². The molecule has 0 saturated carbocycles. The van der Waals surface area contributed by atoms with Gasteiger partial charge in [-0.05, 0) is 39.3 Å². The van der Waals surface area contributed by atoms with Gasteiger partial charge in [0.05, 0.1) is 5.38 Å². The molecule has 2 heterocycles. The number of nitrogens with zero attached hydrogens (tertiary/aromatic N) is 3. The number of hydrogen-bond donors (Lipinski definition) is 0. The molecule has 3 nitrogen and oxygen atoms in total. The quantitative estimate of drug-likeness (QED) is 0.773. The maximum atomic E-state index is 6.27. The van der Waals surface area contributed by atoms with E-state index in [1.165, 1.54) is 0 Å². The minimum Gasteiger partial charge on any atom is -0.306 e. The third kappa shape index (κ3) is 2.24. The van der Waals surface area contributed by atoms with Gasteiger partial charge in [-0.15, -0.1) is 11.6 Å². The lowest BCUT2D eigenvalue weighted by molar-refractivity contribution is 0.322. The first-order valence-electron chi connectivity index (χ1n) is 6.45. The van der Waals surface area contributed by atoms with Gasteiger partial charge >= 0.3 is 0 Å². The van der Waals surface area contributed by atoms with E-state index >= 15 is 0 Å². The van der Waals surface area contributed by atoms with Crippen LogP contribution in [0.1, 0.15) is 51.7 Å². The fraction of sp³-hybridized carbons (Fsp3) is 0.571. The molecule has 0 aromatic carbocycles. The summed E-state index contributed by atoms with van der Waals surface area (Å²) in [6.07, 6.45) is 4.01. The van der Waals surface area contributed by atoms with Crippen molar-refractivity contribution in [1.82, 2.24) is 14.5 Å². The molecule has 0 bridgehead atoms. The topological polar surface area (TPSA) is 30.7 Å². The van der Waals surface area contributed by atoms with Crippen molar-refractivity contribution in [1.29, 1.82) is 0 Å². The van der Waals surface area contributed by atoms with Crippen molar-refractivity contribution in [2.75, 3.05) is 0 Å². The van der Waals surface area contributed by atoms with Gasteiger partial charge < -0.3 is 4.57 Å². The maximum Gasteiger partial charge on any atom is 0.160 e. The lowest BCUT2D eigenvalue weighted by Gasteiger charge is -2.29. The van der Waals surface area contributed by atoms with E-state index < -0.39 is 0 Å². The zero-order valence-electron chi connectivity index (χ0n) is 11.4. The van der Waals surface area contributed by atoms with Gasteiger partial charge in [0.1, 0.15) is 11.3 Å². The molecule has 4 heteroatoms. The highest BCUT2D eigenvalue weighted by Gasteiger charge is 2.27. The van der Waals surface area contributed by atoms with Crippen LogP contribution < -0.4 is 0 Å². The molecule has 0 aliphatic rings. The third-order valence-corrected chi connectivity index (χ3v) is 3.46. The highest BCUT2D eigenvalue weighted by Crippen LogP contribution is 2.32. The molecule has 0 amide bonds. The average molecular weight is 266 g/mol. The van der Waals surface area contributed by atoms with Crippen molar-refractivity contribution in [3.05, 3.63) is 24.2 Å². The van der Waals surface area contributed by atoms with Crippen LogP contribution in [0.4, 0.5) is 0 Å². The molecule has 2 aromatic heterocycles. The summed E-state index contributed by atoms with van der Waals surface area (Å²) in [6, 6.07) is 3.90. The summed E-state index contributed by atoms with van der Waals surface area (Å²) in [5, 5.41) is -0.115. The van der Waals surface area contributed by atoms with E-state index in [-0.39, 0.29) is 10.9 Å². The monoisotopic (exact) mass is 265 g/mol. The Labute approximate surface area is 113 Å². The number of fused-ring (bicyclic) bond motifs is 1. The second-order valence-corrected chi connectivity index (χ2v) is 5.98. The van der Waals surface area contributed by atoms with Crippen LogP contribution in [-0.4, -0.2) is 14.5 Å². The molecule has 0 aliphatic carbocycles. The van der Waals surface area contributed by atoms with Gasteiger partial charge in [0.15, 0.2) is 5.65 Å². The molecule has 2 aromatic rings. The number of rotatable bonds is 4. The molecule has 1 atom stereocenters. The van der Waals surface area contributed by atoms with E-state index in [4.69, 9.17) is 11.6 Å². The Hall–Kier alpha value is -1.09. The summed E-state index contributed by atoms with van der Waals surface area (Å²) >= 11 is 6.27. The van der Waals surface area contributed by atoms with Crippen LogP contribution >= 0.6 is 11.6 Å². The third-order valence-electron chi connectivity index (χ3n) is 3.26. The van der Waals surface area contributed by atoms with Crippen molar-refractivity contribution in [2.45, 2.75) is 51.5 Å². The van der Waals surface area contributed by atoms with Crippen molar-refractivity contribution >= 4 is 22.8 Å². The Morgan fingerprint density at radius 3 is 2.78 bits per heavy atom. The lowest BCUT2D eigenvalue weighted by atomic mass is 9.98. The summed E-state index contributed by atoms with van der Waals surface area (Å²) in [6.45, 7) is 8.59. The summed E-state index contributed by atoms with van der Waals surface area (Å²) in [5.74, 6) is 0.906. The molecule has 2 rings (SSSR count). The van der Waals surface area contributed by atoms with Gasteiger partial charge in [0, 0.05) is 11.7 Å². The van der Waals surface area contributed by atoms with E-state index in [9.17, 15) is 0 Å². The summed E-state index contributed by atoms with van der Waals surface area (Å²) in [7, 11) is 0. The van der Waals surface area contributed by atoms with Crippen LogP contribution in [-0.2, 0) is 5.54 Å². The van der Waals surface area contributed by atoms with Crippen LogP contribution in [0.5, 0.6) is 0 Å². The average Bonchev–Trinajstić information content (AvgIpc) is 2.68. The van der Waals surface area contributed by atoms with Crippen molar-refractivity contribution < 1.29 is 0 Å². The zero-order chi connectivity index (χ0) is 13.3. The standard InChI is InChI=1S/C14H20ClN3/c1-5-8-14(3,4)18-12(10(2)15)17-11-7-6-9-16-13(11)18/h6-7,9-10H,5,8H2,1-4H3. The lowest BCUT2D eigenvalue weighted by Crippen LogP contribution is -2.28. The van der Waals surface area contributed by atoms with Crippen LogP contribution in [0.3, 0.4) is 0 Å². The van der Waals surface area contributed by atoms with Crippen LogP contribution in [0.2, 0.25) is 0 Å². The van der Waals surface area contributed by atoms with Gasteiger partial charge in [-0.1, -0.05) is 13.3 Å². The second kappa shape index (κ2) is 4.88. The molecule has 0 radical (unpaired) electrons. The summed E-state index contributed by atoms with van der Waals surface area (Å²) in [5.41, 5.74) is 1.83. The Bertz CT molecular complexity index is 543. The van der Waals surface area contributed by atoms with Crippen molar-refractivity contribution in [2.24, 2.45) is 0 Å². The molecule has 0 spiro atoms. The predicted octanol–water partition coefficient (Wildman–Crippen LogP) is 4.27. The van der Waals surface area contributed by atoms with E-state index in [0.29, 0.717) is 0 Å². The number of alkyl halides is 1. The Morgan fingerprint density at radius 1 is 1.44 bits per heavy atom. The number of aromatic nitrogens is 3. The first kappa shape index (κ1) is 13.3. The molecular weight excluding hydrogens is 246 g/mol. The summed E-state index contributed by atoms with van der Waals surface area (Å²) < 4.78 is 2.20. The van der Waals surface area contributed by atoms with Gasteiger partial charge in [-0.25, -0.2) is 9.97 Å². The van der Waals surface area contributed by atoms with Crippen LogP contribution in [0.25, 0.3) is 11.2 Å². The van der Waals surface area contributed by atoms with Crippen LogP contribution in [0, 0.1) is 0 Å². The maximum absolute atomic E-state index is 6.27. The normalized spacial score (nSPS) is 14.1. The molecule has 0 N–H and O–H groups in total. The van der Waals surface area contributed by atoms with Gasteiger partial charge in [-0.2, -0.15) is 0 Å². The largest absolute Gasteiger partial charge is 0.306 e. The number of halogens is 1. The second-order valence-electron chi connectivity index (χ2n) is 5.33. The Morgan fingerprint density at radius 2 is 2.17 bits per heavy atom. The molecule has 18 heavy (non-hydrogen) atoms. The highest BCUT2D eigenvalue weighted by molar-refractivity contribution is 6.20. The molecular formula is C14H20ClN3. The van der Waals surface area contributed by atoms with Gasteiger partial charge in [0.25, 0.3) is 0 Å². The number of pyridine rings is 1. The minimum atomic E-state index is -0.115. The Balaban J connectivity index is 2.69. The van der Waals surface area contributed by atoms with Crippen molar-refractivity contribution in [3.8, 4) is 0 Å². The predicted molar refractivity (Wildman–Crippen MR) is 76.0 cm³/mol.